The summed E-state index contributed by atoms with van der Waals surface area (Å²) in [6.07, 6.45) is 4.19. The molecule has 1 unspecified atom stereocenters. The van der Waals surface area contributed by atoms with Crippen LogP contribution < -0.4 is 10.5 Å². The summed E-state index contributed by atoms with van der Waals surface area (Å²) < 4.78 is 1.69. The average molecular weight is 421 g/mol. The van der Waals surface area contributed by atoms with Gasteiger partial charge < -0.3 is 19.4 Å². The van der Waals surface area contributed by atoms with E-state index in [4.69, 9.17) is 4.98 Å². The molecule has 0 spiro atoms. The first-order valence-electron chi connectivity index (χ1n) is 11.1. The quantitative estimate of drug-likeness (QED) is 0.700. The van der Waals surface area contributed by atoms with Crippen molar-refractivity contribution in [2.45, 2.75) is 39.2 Å². The lowest BCUT2D eigenvalue weighted by molar-refractivity contribution is -0.134. The summed E-state index contributed by atoms with van der Waals surface area (Å²) in [5, 5.41) is 0. The molecule has 2 saturated heterocycles. The van der Waals surface area contributed by atoms with Crippen molar-refractivity contribution >= 4 is 22.9 Å². The molecule has 2 aliphatic rings. The third kappa shape index (κ3) is 3.94. The number of hydrogen-bond acceptors (Lipinski definition) is 5. The molecule has 3 aromatic heterocycles. The van der Waals surface area contributed by atoms with Gasteiger partial charge in [-0.1, -0.05) is 6.07 Å². The summed E-state index contributed by atoms with van der Waals surface area (Å²) in [5.74, 6) is 1.91. The van der Waals surface area contributed by atoms with Crippen LogP contribution in [0.2, 0.25) is 0 Å². The lowest BCUT2D eigenvalue weighted by Gasteiger charge is -2.34. The minimum atomic E-state index is -0.0452. The third-order valence-corrected chi connectivity index (χ3v) is 6.47. The van der Waals surface area contributed by atoms with Crippen LogP contribution in [0.1, 0.15) is 37.2 Å². The maximum atomic E-state index is 12.9. The zero-order valence-electron chi connectivity index (χ0n) is 17.9. The van der Waals surface area contributed by atoms with E-state index in [1.807, 2.05) is 30.0 Å². The number of aryl methyl sites for hydroxylation is 1. The number of nitrogens with one attached hydrogen (secondary N) is 1. The van der Waals surface area contributed by atoms with Crippen molar-refractivity contribution < 1.29 is 4.79 Å². The number of nitrogens with zero attached hydrogens (tertiary/aromatic N) is 5. The van der Waals surface area contributed by atoms with E-state index in [0.717, 1.165) is 62.3 Å². The number of carbonyl (C=O) groups is 1. The number of hydrogen-bond donors (Lipinski definition) is 1. The maximum Gasteiger partial charge on any atom is 0.251 e. The predicted molar refractivity (Wildman–Crippen MR) is 119 cm³/mol. The van der Waals surface area contributed by atoms with Gasteiger partial charge in [-0.05, 0) is 50.8 Å². The number of piperidine rings is 1. The van der Waals surface area contributed by atoms with Gasteiger partial charge >= 0.3 is 0 Å². The molecule has 2 aliphatic heterocycles. The van der Waals surface area contributed by atoms with E-state index in [1.54, 1.807) is 16.7 Å². The van der Waals surface area contributed by atoms with Crippen molar-refractivity contribution in [3.8, 4) is 0 Å². The zero-order chi connectivity index (χ0) is 21.4. The molecule has 162 valence electrons. The van der Waals surface area contributed by atoms with Gasteiger partial charge in [-0.2, -0.15) is 0 Å². The second kappa shape index (κ2) is 8.17. The van der Waals surface area contributed by atoms with Crippen LogP contribution in [-0.4, -0.2) is 56.5 Å². The maximum absolute atomic E-state index is 12.9. The van der Waals surface area contributed by atoms with Crippen LogP contribution in [0.3, 0.4) is 0 Å². The first-order chi connectivity index (χ1) is 15.1. The number of H-pyrrole nitrogens is 1. The Morgan fingerprint density at radius 2 is 1.94 bits per heavy atom. The number of aromatic nitrogens is 4. The number of aromatic amines is 1. The van der Waals surface area contributed by atoms with E-state index in [2.05, 4.69) is 14.9 Å². The van der Waals surface area contributed by atoms with Gasteiger partial charge in [-0.15, -0.1) is 0 Å². The number of amides is 1. The van der Waals surface area contributed by atoms with Gasteiger partial charge in [0.1, 0.15) is 11.6 Å². The molecule has 8 nitrogen and oxygen atoms in total. The molecule has 5 rings (SSSR count). The Hall–Kier alpha value is -3.16. The molecule has 2 fully saturated rings. The monoisotopic (exact) mass is 420 g/mol. The van der Waals surface area contributed by atoms with Crippen LogP contribution in [0, 0.1) is 12.8 Å². The highest BCUT2D eigenvalue weighted by Crippen LogP contribution is 2.26. The van der Waals surface area contributed by atoms with E-state index in [-0.39, 0.29) is 11.5 Å². The minimum absolute atomic E-state index is 0.0452. The van der Waals surface area contributed by atoms with Gasteiger partial charge in [0.2, 0.25) is 5.91 Å². The SMILES string of the molecule is Cc1cccc(=O)n1Cc1nc2nc(N3CCCC(C(=O)N4CCCC4)C3)ccc2[nH]1. The van der Waals surface area contributed by atoms with Crippen LogP contribution in [0.15, 0.2) is 35.1 Å². The first kappa shape index (κ1) is 19.8. The van der Waals surface area contributed by atoms with E-state index in [1.165, 1.54) is 0 Å². The van der Waals surface area contributed by atoms with Crippen molar-refractivity contribution in [1.29, 1.82) is 0 Å². The van der Waals surface area contributed by atoms with Gasteiger partial charge in [0.25, 0.3) is 5.56 Å². The lowest BCUT2D eigenvalue weighted by Crippen LogP contribution is -2.44. The third-order valence-electron chi connectivity index (χ3n) is 6.47. The van der Waals surface area contributed by atoms with E-state index in [9.17, 15) is 9.59 Å². The van der Waals surface area contributed by atoms with Gasteiger partial charge in [0, 0.05) is 37.9 Å². The molecule has 0 aromatic carbocycles. The summed E-state index contributed by atoms with van der Waals surface area (Å²) in [5.41, 5.74) is 2.34. The Labute approximate surface area is 180 Å². The minimum Gasteiger partial charge on any atom is -0.356 e. The Morgan fingerprint density at radius 3 is 2.74 bits per heavy atom. The molecule has 5 heterocycles. The first-order valence-corrected chi connectivity index (χ1v) is 11.1. The molecular formula is C23H28N6O2. The van der Waals surface area contributed by atoms with Crippen LogP contribution in [0.4, 0.5) is 5.82 Å². The molecule has 0 saturated carbocycles. The lowest BCUT2D eigenvalue weighted by atomic mass is 9.96. The Morgan fingerprint density at radius 1 is 1.10 bits per heavy atom. The molecule has 0 radical (unpaired) electrons. The molecule has 31 heavy (non-hydrogen) atoms. The van der Waals surface area contributed by atoms with Crippen molar-refractivity contribution in [3.63, 3.8) is 0 Å². The number of pyridine rings is 2. The second-order valence-corrected chi connectivity index (χ2v) is 8.63. The topological polar surface area (TPSA) is 87.1 Å². The molecular weight excluding hydrogens is 392 g/mol. The number of imidazole rings is 1. The summed E-state index contributed by atoms with van der Waals surface area (Å²) >= 11 is 0. The molecule has 8 heteroatoms. The number of anilines is 1. The number of rotatable bonds is 4. The van der Waals surface area contributed by atoms with E-state index >= 15 is 0 Å². The number of carbonyl (C=O) groups excluding carboxylic acids is 1. The Bertz CT molecular complexity index is 1160. The zero-order valence-corrected chi connectivity index (χ0v) is 17.9. The smallest absolute Gasteiger partial charge is 0.251 e. The standard InChI is InChI=1S/C23H28N6O2/c1-16-6-4-8-21(30)29(16)15-19-24-18-9-10-20(26-22(18)25-19)28-13-5-7-17(14-28)23(31)27-11-2-3-12-27/h4,6,8-10,17H,2-3,5,7,11-15H2,1H3,(H,24,25,26). The van der Waals surface area contributed by atoms with Crippen molar-refractivity contribution in [2.24, 2.45) is 5.92 Å². The van der Waals surface area contributed by atoms with E-state index in [0.29, 0.717) is 30.5 Å². The van der Waals surface area contributed by atoms with Crippen molar-refractivity contribution in [2.75, 3.05) is 31.1 Å². The molecule has 1 atom stereocenters. The summed E-state index contributed by atoms with van der Waals surface area (Å²) in [7, 11) is 0. The van der Waals surface area contributed by atoms with Crippen molar-refractivity contribution in [1.82, 2.24) is 24.4 Å². The van der Waals surface area contributed by atoms with Crippen LogP contribution in [0.25, 0.3) is 11.2 Å². The van der Waals surface area contributed by atoms with Gasteiger partial charge in [-0.25, -0.2) is 9.97 Å². The summed E-state index contributed by atoms with van der Waals surface area (Å²) in [6.45, 7) is 5.71. The van der Waals surface area contributed by atoms with E-state index < -0.39 is 0 Å². The summed E-state index contributed by atoms with van der Waals surface area (Å²) in [6, 6.07) is 9.22. The van der Waals surface area contributed by atoms with Gasteiger partial charge in [0.05, 0.1) is 18.0 Å². The molecule has 0 bridgehead atoms. The fourth-order valence-corrected chi connectivity index (χ4v) is 4.74. The van der Waals surface area contributed by atoms with Crippen molar-refractivity contribution in [3.05, 3.63) is 52.2 Å². The fourth-order valence-electron chi connectivity index (χ4n) is 4.74. The second-order valence-electron chi connectivity index (χ2n) is 8.63. The Kier molecular flexibility index (Phi) is 5.21. The highest BCUT2D eigenvalue weighted by Gasteiger charge is 2.31. The molecule has 0 aliphatic carbocycles. The number of likely N-dealkylation sites (tertiary alicyclic amines) is 1. The van der Waals surface area contributed by atoms with Crippen LogP contribution in [0.5, 0.6) is 0 Å². The van der Waals surface area contributed by atoms with Crippen LogP contribution >= 0.6 is 0 Å². The fraction of sp³-hybridized carbons (Fsp3) is 0.478. The highest BCUT2D eigenvalue weighted by atomic mass is 16.2. The molecule has 1 N–H and O–H groups in total. The average Bonchev–Trinajstić information content (AvgIpc) is 3.45. The normalized spacial score (nSPS) is 19.3. The molecule has 1 amide bonds. The van der Waals surface area contributed by atoms with Gasteiger partial charge in [-0.3, -0.25) is 9.59 Å². The van der Waals surface area contributed by atoms with Crippen LogP contribution in [-0.2, 0) is 11.3 Å². The highest BCUT2D eigenvalue weighted by molar-refractivity contribution is 5.80. The predicted octanol–water partition coefficient (Wildman–Crippen LogP) is 2.32. The molecule has 3 aromatic rings. The number of fused-ring (bicyclic) bond motifs is 1. The van der Waals surface area contributed by atoms with Gasteiger partial charge in [0.15, 0.2) is 5.65 Å². The summed E-state index contributed by atoms with van der Waals surface area (Å²) in [4.78, 5) is 41.9. The Balaban J connectivity index is 1.35. The largest absolute Gasteiger partial charge is 0.356 e.